The molecule has 7 nitrogen and oxygen atoms in total. The monoisotopic (exact) mass is 416 g/mol. The van der Waals surface area contributed by atoms with Crippen LogP contribution in [0.1, 0.15) is 61.9 Å². The molecule has 8 heteroatoms. The lowest BCUT2D eigenvalue weighted by molar-refractivity contribution is -0.140. The van der Waals surface area contributed by atoms with Crippen molar-refractivity contribution in [2.45, 2.75) is 64.8 Å². The van der Waals surface area contributed by atoms with Gasteiger partial charge in [-0.1, -0.05) is 6.58 Å². The van der Waals surface area contributed by atoms with E-state index in [4.69, 9.17) is 18.8 Å². The minimum absolute atomic E-state index is 0.00691. The van der Waals surface area contributed by atoms with Gasteiger partial charge in [-0.15, -0.1) is 0 Å². The fourth-order valence-corrected chi connectivity index (χ4v) is 3.57. The summed E-state index contributed by atoms with van der Waals surface area (Å²) in [6.45, 7) is 10.1. The van der Waals surface area contributed by atoms with Crippen LogP contribution in [-0.2, 0) is 23.6 Å². The lowest BCUT2D eigenvalue weighted by Crippen LogP contribution is -2.39. The first kappa shape index (κ1) is 22.4. The van der Waals surface area contributed by atoms with Crippen LogP contribution in [-0.4, -0.2) is 44.5 Å². The number of ketones is 1. The molecule has 3 rings (SSSR count). The third-order valence-electron chi connectivity index (χ3n) is 5.38. The zero-order chi connectivity index (χ0) is 21.9. The molecule has 0 aliphatic carbocycles. The predicted molar refractivity (Wildman–Crippen MR) is 112 cm³/mol. The molecule has 0 radical (unpaired) electrons. The molecule has 162 valence electrons. The van der Waals surface area contributed by atoms with Gasteiger partial charge in [0.05, 0.1) is 25.9 Å². The van der Waals surface area contributed by atoms with E-state index in [0.29, 0.717) is 29.1 Å². The Morgan fingerprint density at radius 1 is 1.27 bits per heavy atom. The largest absolute Gasteiger partial charge is 0.564 e. The van der Waals surface area contributed by atoms with Crippen molar-refractivity contribution < 1.29 is 33.1 Å². The molecule has 0 amide bonds. The van der Waals surface area contributed by atoms with Crippen molar-refractivity contribution in [3.05, 3.63) is 35.6 Å². The van der Waals surface area contributed by atoms with E-state index in [9.17, 15) is 9.59 Å². The van der Waals surface area contributed by atoms with E-state index in [-0.39, 0.29) is 24.9 Å². The van der Waals surface area contributed by atoms with Crippen LogP contribution in [0.25, 0.3) is 0 Å². The van der Waals surface area contributed by atoms with E-state index in [1.54, 1.807) is 6.07 Å². The topological polar surface area (TPSA) is 80.3 Å². The summed E-state index contributed by atoms with van der Waals surface area (Å²) in [6.07, 6.45) is 2.61. The van der Waals surface area contributed by atoms with E-state index >= 15 is 0 Å². The highest BCUT2D eigenvalue weighted by Crippen LogP contribution is 2.31. The molecule has 1 aromatic carbocycles. The average molecular weight is 416 g/mol. The molecule has 1 aromatic rings. The van der Waals surface area contributed by atoms with E-state index < -0.39 is 18.7 Å². The number of esters is 1. The second-order valence-electron chi connectivity index (χ2n) is 8.12. The first-order valence-corrected chi connectivity index (χ1v) is 10.3. The molecule has 0 bridgehead atoms. The van der Waals surface area contributed by atoms with Crippen LogP contribution in [0.2, 0.25) is 0 Å². The minimum Gasteiger partial charge on any atom is -0.534 e. The Kier molecular flexibility index (Phi) is 6.88. The van der Waals surface area contributed by atoms with Crippen LogP contribution < -0.4 is 10.2 Å². The molecule has 30 heavy (non-hydrogen) atoms. The van der Waals surface area contributed by atoms with Crippen molar-refractivity contribution >= 4 is 24.3 Å². The first-order chi connectivity index (χ1) is 14.2. The van der Waals surface area contributed by atoms with Gasteiger partial charge >= 0.3 is 13.1 Å². The summed E-state index contributed by atoms with van der Waals surface area (Å²) in [5.41, 5.74) is 1.05. The number of hydrogen-bond acceptors (Lipinski definition) is 7. The Morgan fingerprint density at radius 3 is 2.63 bits per heavy atom. The average Bonchev–Trinajstić information content (AvgIpc) is 2.98. The summed E-state index contributed by atoms with van der Waals surface area (Å²) < 4.78 is 28.2. The maximum atomic E-state index is 13.0. The van der Waals surface area contributed by atoms with Crippen LogP contribution >= 0.6 is 0 Å². The van der Waals surface area contributed by atoms with Gasteiger partial charge in [0.25, 0.3) is 0 Å². The van der Waals surface area contributed by atoms with Crippen LogP contribution in [0.15, 0.2) is 24.5 Å². The van der Waals surface area contributed by atoms with Crippen molar-refractivity contribution in [3.8, 4) is 5.75 Å². The SMILES string of the molecule is C=C1OB(c2cc(OC3CCCCO3)cc(C)c2C(=O)CCC(=O)OC)OC1(C)C. The number of benzene rings is 1. The summed E-state index contributed by atoms with van der Waals surface area (Å²) in [5.74, 6) is 0.456. The second kappa shape index (κ2) is 9.22. The summed E-state index contributed by atoms with van der Waals surface area (Å²) in [7, 11) is 0.510. The van der Waals surface area contributed by atoms with Crippen molar-refractivity contribution in [3.63, 3.8) is 0 Å². The second-order valence-corrected chi connectivity index (χ2v) is 8.12. The van der Waals surface area contributed by atoms with Gasteiger partial charge in [-0.25, -0.2) is 0 Å². The Balaban J connectivity index is 1.92. The summed E-state index contributed by atoms with van der Waals surface area (Å²) in [6, 6.07) is 3.57. The third kappa shape index (κ3) is 5.05. The Bertz CT molecular complexity index is 827. The smallest absolute Gasteiger partial charge is 0.534 e. The molecule has 0 spiro atoms. The number of rotatable bonds is 7. The van der Waals surface area contributed by atoms with Crippen LogP contribution in [0.3, 0.4) is 0 Å². The zero-order valence-electron chi connectivity index (χ0n) is 18.1. The van der Waals surface area contributed by atoms with Gasteiger partial charge in [0.15, 0.2) is 12.1 Å². The molecular formula is C22H29BO7. The molecule has 2 aliphatic heterocycles. The fourth-order valence-electron chi connectivity index (χ4n) is 3.57. The number of hydrogen-bond donors (Lipinski definition) is 0. The van der Waals surface area contributed by atoms with Crippen molar-refractivity contribution in [2.24, 2.45) is 0 Å². The molecule has 0 aromatic heterocycles. The first-order valence-electron chi connectivity index (χ1n) is 10.3. The molecule has 1 unspecified atom stereocenters. The molecule has 0 N–H and O–H groups in total. The number of Topliss-reactive ketones (excluding diaryl/α,β-unsaturated/α-hetero) is 1. The van der Waals surface area contributed by atoms with Crippen LogP contribution in [0.4, 0.5) is 0 Å². The van der Waals surface area contributed by atoms with Crippen molar-refractivity contribution in [1.82, 2.24) is 0 Å². The molecule has 0 saturated carbocycles. The maximum Gasteiger partial charge on any atom is 0.564 e. The standard InChI is InChI=1S/C22H29BO7/c1-14-12-16(28-20-8-6-7-11-27-20)13-17(23-29-15(2)22(3,4)30-23)21(14)18(24)9-10-19(25)26-5/h12-13,20H,2,6-11H2,1,3-5H3. The van der Waals surface area contributed by atoms with E-state index in [0.717, 1.165) is 24.8 Å². The maximum absolute atomic E-state index is 13.0. The van der Waals surface area contributed by atoms with E-state index in [1.165, 1.54) is 7.11 Å². The minimum atomic E-state index is -0.792. The van der Waals surface area contributed by atoms with Crippen LogP contribution in [0, 0.1) is 6.92 Å². The number of aryl methyl sites for hydroxylation is 1. The fraction of sp³-hybridized carbons (Fsp3) is 0.545. The van der Waals surface area contributed by atoms with Crippen LogP contribution in [0.5, 0.6) is 5.75 Å². The van der Waals surface area contributed by atoms with Gasteiger partial charge in [-0.3, -0.25) is 9.59 Å². The molecule has 2 aliphatic rings. The third-order valence-corrected chi connectivity index (χ3v) is 5.38. The van der Waals surface area contributed by atoms with Crippen molar-refractivity contribution in [2.75, 3.05) is 13.7 Å². The summed E-state index contributed by atoms with van der Waals surface area (Å²) in [4.78, 5) is 24.5. The molecule has 2 saturated heterocycles. The van der Waals surface area contributed by atoms with Crippen molar-refractivity contribution in [1.29, 1.82) is 0 Å². The molecule has 1 atom stereocenters. The number of ether oxygens (including phenoxy) is 3. The molecule has 2 fully saturated rings. The molecule has 2 heterocycles. The van der Waals surface area contributed by atoms with Gasteiger partial charge in [0, 0.05) is 23.9 Å². The zero-order valence-corrected chi connectivity index (χ0v) is 18.1. The summed E-state index contributed by atoms with van der Waals surface area (Å²) in [5, 5.41) is 0. The highest BCUT2D eigenvalue weighted by molar-refractivity contribution is 6.64. The van der Waals surface area contributed by atoms with E-state index in [1.807, 2.05) is 26.8 Å². The quantitative estimate of drug-likeness (QED) is 0.384. The van der Waals surface area contributed by atoms with Gasteiger partial charge in [0.1, 0.15) is 11.4 Å². The number of carbonyl (C=O) groups is 2. The van der Waals surface area contributed by atoms with Gasteiger partial charge < -0.3 is 23.5 Å². The summed E-state index contributed by atoms with van der Waals surface area (Å²) >= 11 is 0. The van der Waals surface area contributed by atoms with Gasteiger partial charge in [-0.2, -0.15) is 0 Å². The number of methoxy groups -OCH3 is 1. The highest BCUT2D eigenvalue weighted by Gasteiger charge is 2.45. The van der Waals surface area contributed by atoms with Gasteiger partial charge in [-0.05, 0) is 51.3 Å². The Morgan fingerprint density at radius 2 is 2.03 bits per heavy atom. The van der Waals surface area contributed by atoms with Gasteiger partial charge in [0.2, 0.25) is 0 Å². The lowest BCUT2D eigenvalue weighted by Gasteiger charge is -2.24. The Labute approximate surface area is 177 Å². The van der Waals surface area contributed by atoms with E-state index in [2.05, 4.69) is 11.3 Å². The normalized spacial score (nSPS) is 20.6. The predicted octanol–water partition coefficient (Wildman–Crippen LogP) is 3.07. The Hall–Kier alpha value is -2.32. The number of carbonyl (C=O) groups excluding carboxylic acids is 2. The molecular weight excluding hydrogens is 387 g/mol. The highest BCUT2D eigenvalue weighted by atomic mass is 16.7. The lowest BCUT2D eigenvalue weighted by atomic mass is 9.73.